The first-order chi connectivity index (χ1) is 16.9. The summed E-state index contributed by atoms with van der Waals surface area (Å²) in [6, 6.07) is 8.38. The molecule has 0 bridgehead atoms. The summed E-state index contributed by atoms with van der Waals surface area (Å²) in [5.74, 6) is -0.510. The average molecular weight is 526 g/mol. The molecule has 1 saturated heterocycles. The first-order valence-electron chi connectivity index (χ1n) is 11.3. The van der Waals surface area contributed by atoms with Gasteiger partial charge in [-0.3, -0.25) is 13.9 Å². The first kappa shape index (κ1) is 27.8. The second-order valence-electron chi connectivity index (χ2n) is 8.56. The molecular formula is C22H31N4O9P. The molecule has 1 fully saturated rings. The molecule has 3 unspecified atom stereocenters. The maximum atomic E-state index is 13.7. The molecule has 1 aromatic carbocycles. The molecule has 1 aromatic heterocycles. The highest BCUT2D eigenvalue weighted by molar-refractivity contribution is 7.52. The van der Waals surface area contributed by atoms with E-state index in [0.29, 0.717) is 0 Å². The van der Waals surface area contributed by atoms with Crippen LogP contribution in [-0.2, 0) is 23.4 Å². The van der Waals surface area contributed by atoms with Crippen molar-refractivity contribution in [2.75, 3.05) is 5.73 Å². The van der Waals surface area contributed by atoms with Gasteiger partial charge in [-0.2, -0.15) is 10.1 Å². The van der Waals surface area contributed by atoms with Crippen LogP contribution in [0.1, 0.15) is 33.9 Å². The Bertz CT molecular complexity index is 1150. The predicted octanol–water partition coefficient (Wildman–Crippen LogP) is 0.967. The number of esters is 1. The van der Waals surface area contributed by atoms with Crippen LogP contribution in [0.4, 0.5) is 5.82 Å². The molecule has 1 aliphatic heterocycles. The fraction of sp³-hybridized carbons (Fsp3) is 0.500. The minimum atomic E-state index is -4.28. The van der Waals surface area contributed by atoms with Crippen molar-refractivity contribution >= 4 is 19.5 Å². The largest absolute Gasteiger partial charge is 0.462 e. The van der Waals surface area contributed by atoms with Crippen LogP contribution >= 0.6 is 7.75 Å². The Morgan fingerprint density at radius 3 is 2.44 bits per heavy atom. The lowest BCUT2D eigenvalue weighted by molar-refractivity contribution is -0.149. The zero-order valence-electron chi connectivity index (χ0n) is 20.3. The smallest absolute Gasteiger partial charge is 0.459 e. The van der Waals surface area contributed by atoms with Gasteiger partial charge >= 0.3 is 19.4 Å². The van der Waals surface area contributed by atoms with Crippen molar-refractivity contribution < 1.29 is 38.1 Å². The minimum absolute atomic E-state index is 0.0206. The number of carbonyl (C=O) groups excluding carboxylic acids is 1. The molecule has 0 saturated carbocycles. The number of benzene rings is 1. The van der Waals surface area contributed by atoms with Crippen LogP contribution in [0, 0.1) is 0 Å². The van der Waals surface area contributed by atoms with E-state index in [4.69, 9.17) is 24.3 Å². The summed E-state index contributed by atoms with van der Waals surface area (Å²) in [5.41, 5.74) is 4.71. The molecule has 5 N–H and O–H groups in total. The van der Waals surface area contributed by atoms with E-state index >= 15 is 0 Å². The Labute approximate surface area is 207 Å². The molecule has 3 rings (SSSR count). The van der Waals surface area contributed by atoms with Crippen LogP contribution in [0.3, 0.4) is 0 Å². The summed E-state index contributed by atoms with van der Waals surface area (Å²) in [6.45, 7) is 6.21. The normalized spacial score (nSPS) is 25.2. The summed E-state index contributed by atoms with van der Waals surface area (Å²) < 4.78 is 36.9. The number of aliphatic hydroxyl groups is 2. The number of hydrogen-bond donors (Lipinski definition) is 4. The Balaban J connectivity index is 1.81. The van der Waals surface area contributed by atoms with Gasteiger partial charge in [-0.25, -0.2) is 9.36 Å². The van der Waals surface area contributed by atoms with Crippen LogP contribution in [-0.4, -0.2) is 62.3 Å². The van der Waals surface area contributed by atoms with E-state index in [0.717, 1.165) is 4.57 Å². The van der Waals surface area contributed by atoms with Gasteiger partial charge in [0.25, 0.3) is 0 Å². The summed E-state index contributed by atoms with van der Waals surface area (Å²) in [5, 5.41) is 23.7. The lowest BCUT2D eigenvalue weighted by atomic mass is 10.1. The van der Waals surface area contributed by atoms with Crippen molar-refractivity contribution in [1.82, 2.24) is 14.6 Å². The quantitative estimate of drug-likeness (QED) is 0.254. The van der Waals surface area contributed by atoms with E-state index in [-0.39, 0.29) is 11.6 Å². The summed E-state index contributed by atoms with van der Waals surface area (Å²) in [4.78, 5) is 28.1. The number of nitrogen functional groups attached to an aromatic ring is 1. The van der Waals surface area contributed by atoms with E-state index in [2.05, 4.69) is 10.1 Å². The van der Waals surface area contributed by atoms with Gasteiger partial charge in [-0.15, -0.1) is 0 Å². The number of carbonyl (C=O) groups is 1. The molecule has 0 radical (unpaired) electrons. The number of para-hydroxylation sites is 1. The van der Waals surface area contributed by atoms with E-state index in [9.17, 15) is 24.4 Å². The number of rotatable bonds is 10. The second-order valence-corrected chi connectivity index (χ2v) is 10.2. The van der Waals surface area contributed by atoms with Gasteiger partial charge < -0.3 is 29.9 Å². The molecule has 0 spiro atoms. The van der Waals surface area contributed by atoms with Gasteiger partial charge in [0.05, 0.1) is 12.2 Å². The van der Waals surface area contributed by atoms with Crippen LogP contribution in [0.5, 0.6) is 5.75 Å². The van der Waals surface area contributed by atoms with Gasteiger partial charge in [-0.1, -0.05) is 18.2 Å². The molecule has 198 valence electrons. The SMILES string of the molecule is CC(C)OC(=O)C(C)NP(=O)(Oc1ccccc1)OC(C)[C@H]1O[C@@H](n2ccc(N)nc2=O)[C@H](O)[C@@H]1O. The summed E-state index contributed by atoms with van der Waals surface area (Å²) in [7, 11) is -4.28. The molecule has 0 aliphatic carbocycles. The van der Waals surface area contributed by atoms with Crippen molar-refractivity contribution in [3.05, 3.63) is 53.1 Å². The zero-order valence-corrected chi connectivity index (χ0v) is 21.1. The molecule has 2 aromatic rings. The lowest BCUT2D eigenvalue weighted by Gasteiger charge is -2.28. The van der Waals surface area contributed by atoms with Crippen molar-refractivity contribution in [3.8, 4) is 5.75 Å². The van der Waals surface area contributed by atoms with Gasteiger partial charge in [-0.05, 0) is 45.9 Å². The van der Waals surface area contributed by atoms with E-state index < -0.39 is 62.2 Å². The topological polar surface area (TPSA) is 184 Å². The van der Waals surface area contributed by atoms with E-state index in [1.54, 1.807) is 44.2 Å². The molecule has 2 heterocycles. The van der Waals surface area contributed by atoms with Gasteiger partial charge in [0.1, 0.15) is 35.9 Å². The highest BCUT2D eigenvalue weighted by Gasteiger charge is 2.49. The average Bonchev–Trinajstić information content (AvgIpc) is 3.08. The Morgan fingerprint density at radius 2 is 1.83 bits per heavy atom. The fourth-order valence-electron chi connectivity index (χ4n) is 3.52. The van der Waals surface area contributed by atoms with Crippen molar-refractivity contribution in [2.24, 2.45) is 0 Å². The monoisotopic (exact) mass is 526 g/mol. The predicted molar refractivity (Wildman–Crippen MR) is 128 cm³/mol. The number of aromatic nitrogens is 2. The maximum Gasteiger partial charge on any atom is 0.459 e. The highest BCUT2D eigenvalue weighted by atomic mass is 31.2. The zero-order chi connectivity index (χ0) is 26.6. The molecular weight excluding hydrogens is 495 g/mol. The highest BCUT2D eigenvalue weighted by Crippen LogP contribution is 2.47. The number of nitrogens with two attached hydrogens (primary N) is 1. The number of nitrogens with one attached hydrogen (secondary N) is 1. The van der Waals surface area contributed by atoms with Crippen LogP contribution in [0.25, 0.3) is 0 Å². The number of aliphatic hydroxyl groups excluding tert-OH is 2. The summed E-state index contributed by atoms with van der Waals surface area (Å²) >= 11 is 0. The molecule has 0 amide bonds. The Morgan fingerprint density at radius 1 is 1.17 bits per heavy atom. The van der Waals surface area contributed by atoms with Gasteiger partial charge in [0.2, 0.25) is 0 Å². The Kier molecular flexibility index (Phi) is 8.88. The minimum Gasteiger partial charge on any atom is -0.462 e. The first-order valence-corrected chi connectivity index (χ1v) is 12.8. The number of hydrogen-bond acceptors (Lipinski definition) is 11. The molecule has 7 atom stereocenters. The van der Waals surface area contributed by atoms with Crippen molar-refractivity contribution in [1.29, 1.82) is 0 Å². The van der Waals surface area contributed by atoms with E-state index in [1.807, 2.05) is 0 Å². The third-order valence-corrected chi connectivity index (χ3v) is 6.96. The third kappa shape index (κ3) is 6.69. The number of ether oxygens (including phenoxy) is 2. The fourth-order valence-corrected chi connectivity index (χ4v) is 5.22. The number of anilines is 1. The molecule has 13 nitrogen and oxygen atoms in total. The van der Waals surface area contributed by atoms with E-state index in [1.165, 1.54) is 26.1 Å². The molecule has 36 heavy (non-hydrogen) atoms. The van der Waals surface area contributed by atoms with Gasteiger partial charge in [0.15, 0.2) is 6.23 Å². The molecule has 1 aliphatic rings. The standard InChI is InChI=1S/C22H31N4O9P/c1-12(2)32-21(29)13(3)25-36(31,35-15-8-6-5-7-9-15)34-14(4)19-17(27)18(28)20(33-19)26-11-10-16(23)24-22(26)30/h5-14,17-20,27-28H,1-4H3,(H,25,31)(H2,23,24,30)/t13?,14?,17-,18+,19+,20+,36?/m0/s1. The number of nitrogens with zero attached hydrogens (tertiary/aromatic N) is 2. The van der Waals surface area contributed by atoms with Crippen molar-refractivity contribution in [2.45, 2.75) is 70.5 Å². The Hall–Kier alpha value is -2.80. The van der Waals surface area contributed by atoms with Crippen LogP contribution in [0.2, 0.25) is 0 Å². The third-order valence-electron chi connectivity index (χ3n) is 5.19. The van der Waals surface area contributed by atoms with Crippen molar-refractivity contribution in [3.63, 3.8) is 0 Å². The second kappa shape index (κ2) is 11.5. The summed E-state index contributed by atoms with van der Waals surface area (Å²) in [6.07, 6.45) is -5.88. The van der Waals surface area contributed by atoms with Crippen LogP contribution < -0.4 is 21.0 Å². The van der Waals surface area contributed by atoms with Crippen LogP contribution in [0.15, 0.2) is 47.4 Å². The van der Waals surface area contributed by atoms with Gasteiger partial charge in [0, 0.05) is 6.20 Å². The maximum absolute atomic E-state index is 13.7. The lowest BCUT2D eigenvalue weighted by Crippen LogP contribution is -2.41. The molecule has 14 heteroatoms.